The molecule has 1 unspecified atom stereocenters. The van der Waals surface area contributed by atoms with Gasteiger partial charge in [-0.25, -0.2) is 0 Å². The number of nitro groups is 1. The summed E-state index contributed by atoms with van der Waals surface area (Å²) in [5.74, 6) is 0.378. The minimum Gasteiger partial charge on any atom is -0.486 e. The van der Waals surface area contributed by atoms with Crippen LogP contribution in [0, 0.1) is 16.0 Å². The SMILES string of the molecule is NCC(NC(=O)CCOc1ccc(Cl)cc1[N+](=O)[O-])C1CCCCC1. The van der Waals surface area contributed by atoms with E-state index in [1.54, 1.807) is 0 Å². The van der Waals surface area contributed by atoms with Gasteiger partial charge in [0.15, 0.2) is 5.75 Å². The van der Waals surface area contributed by atoms with Crippen molar-refractivity contribution >= 4 is 23.2 Å². The van der Waals surface area contributed by atoms with Crippen molar-refractivity contribution in [3.63, 3.8) is 0 Å². The Morgan fingerprint density at radius 3 is 2.76 bits per heavy atom. The summed E-state index contributed by atoms with van der Waals surface area (Å²) in [6.07, 6.45) is 5.91. The molecule has 0 aromatic heterocycles. The summed E-state index contributed by atoms with van der Waals surface area (Å²) in [4.78, 5) is 22.6. The molecule has 1 aromatic rings. The monoisotopic (exact) mass is 369 g/mol. The van der Waals surface area contributed by atoms with Crippen LogP contribution in [0.5, 0.6) is 5.75 Å². The van der Waals surface area contributed by atoms with Crippen molar-refractivity contribution in [1.82, 2.24) is 5.32 Å². The highest BCUT2D eigenvalue weighted by atomic mass is 35.5. The molecule has 1 aliphatic carbocycles. The van der Waals surface area contributed by atoms with Crippen LogP contribution in [0.1, 0.15) is 38.5 Å². The molecular weight excluding hydrogens is 346 g/mol. The van der Waals surface area contributed by atoms with Crippen molar-refractivity contribution in [2.45, 2.75) is 44.6 Å². The smallest absolute Gasteiger partial charge is 0.312 e. The Bertz CT molecular complexity index is 606. The van der Waals surface area contributed by atoms with Crippen molar-refractivity contribution in [2.24, 2.45) is 11.7 Å². The number of ether oxygens (including phenoxy) is 1. The molecular formula is C17H24ClN3O4. The lowest BCUT2D eigenvalue weighted by Gasteiger charge is -2.30. The van der Waals surface area contributed by atoms with Gasteiger partial charge in [0.25, 0.3) is 0 Å². The number of halogens is 1. The number of hydrogen-bond donors (Lipinski definition) is 2. The maximum atomic E-state index is 12.1. The zero-order valence-corrected chi connectivity index (χ0v) is 14.8. The lowest BCUT2D eigenvalue weighted by Crippen LogP contribution is -2.46. The molecule has 2 rings (SSSR count). The highest BCUT2D eigenvalue weighted by Gasteiger charge is 2.24. The van der Waals surface area contributed by atoms with Gasteiger partial charge in [0.2, 0.25) is 5.91 Å². The molecule has 0 spiro atoms. The van der Waals surface area contributed by atoms with E-state index >= 15 is 0 Å². The molecule has 1 amide bonds. The maximum absolute atomic E-state index is 12.1. The van der Waals surface area contributed by atoms with Crippen LogP contribution in [0.4, 0.5) is 5.69 Å². The summed E-state index contributed by atoms with van der Waals surface area (Å²) < 4.78 is 5.39. The summed E-state index contributed by atoms with van der Waals surface area (Å²) in [5.41, 5.74) is 5.59. The molecule has 1 fully saturated rings. The zero-order valence-electron chi connectivity index (χ0n) is 14.1. The van der Waals surface area contributed by atoms with E-state index < -0.39 is 4.92 Å². The molecule has 1 atom stereocenters. The molecule has 1 saturated carbocycles. The Labute approximate surface area is 152 Å². The first kappa shape index (κ1) is 19.5. The van der Waals surface area contributed by atoms with Crippen LogP contribution >= 0.6 is 11.6 Å². The quantitative estimate of drug-likeness (QED) is 0.541. The molecule has 138 valence electrons. The molecule has 1 aromatic carbocycles. The van der Waals surface area contributed by atoms with Crippen molar-refractivity contribution in [3.8, 4) is 5.75 Å². The summed E-state index contributed by atoms with van der Waals surface area (Å²) >= 11 is 5.76. The maximum Gasteiger partial charge on any atom is 0.312 e. The molecule has 0 heterocycles. The van der Waals surface area contributed by atoms with Crippen molar-refractivity contribution < 1.29 is 14.5 Å². The predicted octanol–water partition coefficient (Wildman–Crippen LogP) is 3.04. The van der Waals surface area contributed by atoms with Crippen molar-refractivity contribution in [2.75, 3.05) is 13.2 Å². The normalized spacial score (nSPS) is 16.2. The number of amides is 1. The van der Waals surface area contributed by atoms with Crippen molar-refractivity contribution in [1.29, 1.82) is 0 Å². The van der Waals surface area contributed by atoms with E-state index in [9.17, 15) is 14.9 Å². The molecule has 0 radical (unpaired) electrons. The van der Waals surface area contributed by atoms with Gasteiger partial charge in [-0.3, -0.25) is 14.9 Å². The molecule has 3 N–H and O–H groups in total. The largest absolute Gasteiger partial charge is 0.486 e. The molecule has 7 nitrogen and oxygen atoms in total. The van der Waals surface area contributed by atoms with E-state index in [4.69, 9.17) is 22.1 Å². The lowest BCUT2D eigenvalue weighted by atomic mass is 9.84. The number of nitrogens with one attached hydrogen (secondary N) is 1. The third-order valence-corrected chi connectivity index (χ3v) is 4.76. The zero-order chi connectivity index (χ0) is 18.2. The van der Waals surface area contributed by atoms with E-state index in [1.807, 2.05) is 0 Å². The number of hydrogen-bond acceptors (Lipinski definition) is 5. The van der Waals surface area contributed by atoms with Crippen LogP contribution in [0.25, 0.3) is 0 Å². The molecule has 8 heteroatoms. The van der Waals surface area contributed by atoms with E-state index in [-0.39, 0.29) is 41.4 Å². The summed E-state index contributed by atoms with van der Waals surface area (Å²) in [7, 11) is 0. The second-order valence-electron chi connectivity index (χ2n) is 6.28. The summed E-state index contributed by atoms with van der Waals surface area (Å²) in [6, 6.07) is 4.16. The second kappa shape index (κ2) is 9.58. The van der Waals surface area contributed by atoms with Crippen LogP contribution in [-0.2, 0) is 4.79 Å². The molecule has 0 aliphatic heterocycles. The number of nitro benzene ring substituents is 1. The fourth-order valence-electron chi connectivity index (χ4n) is 3.19. The van der Waals surface area contributed by atoms with Crippen LogP contribution in [0.2, 0.25) is 5.02 Å². The van der Waals surface area contributed by atoms with Gasteiger partial charge in [0.05, 0.1) is 18.0 Å². The first-order valence-corrected chi connectivity index (χ1v) is 8.95. The molecule has 1 aliphatic rings. The first-order chi connectivity index (χ1) is 12.0. The van der Waals surface area contributed by atoms with Gasteiger partial charge in [-0.05, 0) is 30.9 Å². The Hall–Kier alpha value is -1.86. The number of rotatable bonds is 8. The third-order valence-electron chi connectivity index (χ3n) is 4.52. The highest BCUT2D eigenvalue weighted by molar-refractivity contribution is 6.30. The molecule has 0 saturated heterocycles. The summed E-state index contributed by atoms with van der Waals surface area (Å²) in [6.45, 7) is 0.468. The Morgan fingerprint density at radius 1 is 1.40 bits per heavy atom. The fraction of sp³-hybridized carbons (Fsp3) is 0.588. The van der Waals surface area contributed by atoms with Gasteiger partial charge in [0.1, 0.15) is 0 Å². The predicted molar refractivity (Wildman–Crippen MR) is 95.8 cm³/mol. The van der Waals surface area contributed by atoms with Gasteiger partial charge in [-0.1, -0.05) is 30.9 Å². The van der Waals surface area contributed by atoms with Crippen LogP contribution in [0.15, 0.2) is 18.2 Å². The Balaban J connectivity index is 1.83. The first-order valence-electron chi connectivity index (χ1n) is 8.57. The average Bonchev–Trinajstić information content (AvgIpc) is 2.61. The van der Waals surface area contributed by atoms with Crippen LogP contribution < -0.4 is 15.8 Å². The van der Waals surface area contributed by atoms with Gasteiger partial charge in [0, 0.05) is 23.7 Å². The fourth-order valence-corrected chi connectivity index (χ4v) is 3.36. The Kier molecular flexibility index (Phi) is 7.46. The standard InChI is InChI=1S/C17H24ClN3O4/c18-13-6-7-16(15(10-13)21(23)24)25-9-8-17(22)20-14(11-19)12-4-2-1-3-5-12/h6-7,10,12,14H,1-5,8-9,11,19H2,(H,20,22). The highest BCUT2D eigenvalue weighted by Crippen LogP contribution is 2.30. The van der Waals surface area contributed by atoms with Gasteiger partial charge < -0.3 is 15.8 Å². The second-order valence-corrected chi connectivity index (χ2v) is 6.71. The molecule has 0 bridgehead atoms. The number of benzene rings is 1. The Morgan fingerprint density at radius 2 is 2.12 bits per heavy atom. The number of carbonyl (C=O) groups excluding carboxylic acids is 1. The third kappa shape index (κ3) is 5.86. The van der Waals surface area contributed by atoms with Crippen LogP contribution in [0.3, 0.4) is 0 Å². The van der Waals surface area contributed by atoms with E-state index in [1.165, 1.54) is 37.5 Å². The van der Waals surface area contributed by atoms with E-state index in [2.05, 4.69) is 5.32 Å². The average molecular weight is 370 g/mol. The van der Waals surface area contributed by atoms with E-state index in [0.29, 0.717) is 12.5 Å². The van der Waals surface area contributed by atoms with Gasteiger partial charge >= 0.3 is 5.69 Å². The van der Waals surface area contributed by atoms with Crippen LogP contribution in [-0.4, -0.2) is 30.0 Å². The van der Waals surface area contributed by atoms with Crippen molar-refractivity contribution in [3.05, 3.63) is 33.3 Å². The number of nitrogens with two attached hydrogens (primary N) is 1. The minimum absolute atomic E-state index is 0.0160. The lowest BCUT2D eigenvalue weighted by molar-refractivity contribution is -0.385. The minimum atomic E-state index is -0.561. The van der Waals surface area contributed by atoms with Gasteiger partial charge in [-0.2, -0.15) is 0 Å². The molecule has 25 heavy (non-hydrogen) atoms. The number of nitrogens with zero attached hydrogens (tertiary/aromatic N) is 1. The summed E-state index contributed by atoms with van der Waals surface area (Å²) in [5, 5.41) is 14.2. The van der Waals surface area contributed by atoms with Gasteiger partial charge in [-0.15, -0.1) is 0 Å². The number of carbonyl (C=O) groups is 1. The topological polar surface area (TPSA) is 107 Å². The van der Waals surface area contributed by atoms with E-state index in [0.717, 1.165) is 12.8 Å².